The molecule has 0 spiro atoms. The van der Waals surface area contributed by atoms with Crippen LogP contribution in [0.15, 0.2) is 60.7 Å². The molecule has 38 heavy (non-hydrogen) atoms. The van der Waals surface area contributed by atoms with Crippen molar-refractivity contribution in [2.45, 2.75) is 25.9 Å². The number of aliphatic carboxylic acids is 1. The molecule has 0 aliphatic carbocycles. The van der Waals surface area contributed by atoms with E-state index in [0.717, 1.165) is 11.1 Å². The number of para-hydroxylation sites is 2. The van der Waals surface area contributed by atoms with Gasteiger partial charge in [0, 0.05) is 17.2 Å². The fourth-order valence-electron chi connectivity index (χ4n) is 3.84. The number of carbonyl (C=O) groups excluding carboxylic acids is 1. The smallest absolute Gasteiger partial charge is 0.485 e. The van der Waals surface area contributed by atoms with Crippen molar-refractivity contribution in [2.75, 3.05) is 0 Å². The maximum Gasteiger partial charge on any atom is 0.485 e. The lowest BCUT2D eigenvalue weighted by Crippen LogP contribution is -2.40. The lowest BCUT2D eigenvalue weighted by molar-refractivity contribution is -0.633. The predicted octanol–water partition coefficient (Wildman–Crippen LogP) is 4.91. The highest BCUT2D eigenvalue weighted by atomic mass is 35.5. The van der Waals surface area contributed by atoms with Crippen LogP contribution in [0, 0.1) is 13.8 Å². The first kappa shape index (κ1) is 28.8. The van der Waals surface area contributed by atoms with Crippen LogP contribution in [0.2, 0.25) is 5.02 Å². The maximum absolute atomic E-state index is 13.4. The molecule has 1 heterocycles. The maximum atomic E-state index is 13.4. The number of hydrogen-bond donors (Lipinski definition) is 1. The number of alkyl halides is 3. The molecule has 8 nitrogen and oxygen atoms in total. The SMILES string of the molecule is Cc1cc(Cl)cc(C)c1OC(=O)c1c2ccccc2[n+](CC(=O)O)c2ccccc12.O=S(=O)([O-])C(F)(F)F. The van der Waals surface area contributed by atoms with Crippen LogP contribution >= 0.6 is 11.6 Å². The van der Waals surface area contributed by atoms with Gasteiger partial charge in [0.15, 0.2) is 10.1 Å². The lowest BCUT2D eigenvalue weighted by atomic mass is 10.0. The molecule has 0 radical (unpaired) electrons. The molecule has 4 aromatic rings. The number of benzene rings is 3. The van der Waals surface area contributed by atoms with Crippen molar-refractivity contribution < 1.29 is 50.1 Å². The number of rotatable bonds is 4. The Bertz CT molecular complexity index is 1590. The molecule has 4 rings (SSSR count). The van der Waals surface area contributed by atoms with Gasteiger partial charge in [-0.15, -0.1) is 0 Å². The van der Waals surface area contributed by atoms with E-state index in [-0.39, 0.29) is 6.54 Å². The first-order valence-electron chi connectivity index (χ1n) is 10.7. The Hall–Kier alpha value is -3.74. The zero-order chi connectivity index (χ0) is 28.4. The summed E-state index contributed by atoms with van der Waals surface area (Å²) >= 11 is 6.10. The third-order valence-corrected chi connectivity index (χ3v) is 6.11. The van der Waals surface area contributed by atoms with E-state index in [1.54, 1.807) is 41.0 Å². The van der Waals surface area contributed by atoms with E-state index in [1.807, 2.05) is 38.1 Å². The van der Waals surface area contributed by atoms with Gasteiger partial charge >= 0.3 is 17.4 Å². The largest absolute Gasteiger partial charge is 0.741 e. The second kappa shape index (κ2) is 10.9. The molecular weight excluding hydrogens is 551 g/mol. The highest BCUT2D eigenvalue weighted by Gasteiger charge is 2.37. The van der Waals surface area contributed by atoms with Crippen LogP contribution < -0.4 is 9.30 Å². The van der Waals surface area contributed by atoms with Crippen molar-refractivity contribution in [1.82, 2.24) is 0 Å². The molecule has 200 valence electrons. The molecule has 0 saturated carbocycles. The van der Waals surface area contributed by atoms with E-state index < -0.39 is 27.6 Å². The number of aryl methyl sites for hydroxylation is 2. The summed E-state index contributed by atoms with van der Waals surface area (Å²) in [6, 6.07) is 18.0. The van der Waals surface area contributed by atoms with Gasteiger partial charge in [0.25, 0.3) is 0 Å². The summed E-state index contributed by atoms with van der Waals surface area (Å²) in [6.07, 6.45) is 0. The molecule has 13 heteroatoms. The van der Waals surface area contributed by atoms with Gasteiger partial charge in [-0.25, -0.2) is 18.0 Å². The van der Waals surface area contributed by atoms with E-state index in [2.05, 4.69) is 0 Å². The highest BCUT2D eigenvalue weighted by molar-refractivity contribution is 7.86. The van der Waals surface area contributed by atoms with Gasteiger partial charge in [-0.05, 0) is 49.2 Å². The van der Waals surface area contributed by atoms with Crippen molar-refractivity contribution in [3.63, 3.8) is 0 Å². The first-order valence-corrected chi connectivity index (χ1v) is 12.5. The van der Waals surface area contributed by atoms with Crippen molar-refractivity contribution in [1.29, 1.82) is 0 Å². The molecule has 0 aliphatic heterocycles. The van der Waals surface area contributed by atoms with E-state index in [0.29, 0.717) is 38.1 Å². The Morgan fingerprint density at radius 2 is 1.39 bits per heavy atom. The van der Waals surface area contributed by atoms with Crippen LogP contribution in [0.5, 0.6) is 5.75 Å². The number of hydrogen-bond acceptors (Lipinski definition) is 6. The van der Waals surface area contributed by atoms with Crippen LogP contribution in [-0.2, 0) is 21.5 Å². The van der Waals surface area contributed by atoms with Crippen LogP contribution in [0.25, 0.3) is 21.8 Å². The third kappa shape index (κ3) is 6.21. The van der Waals surface area contributed by atoms with E-state index in [9.17, 15) is 27.9 Å². The van der Waals surface area contributed by atoms with E-state index in [1.165, 1.54) is 0 Å². The molecule has 0 amide bonds. The number of halogens is 4. The van der Waals surface area contributed by atoms with Crippen LogP contribution in [0.4, 0.5) is 13.2 Å². The number of fused-ring (bicyclic) bond motifs is 2. The van der Waals surface area contributed by atoms with Gasteiger partial charge in [0.2, 0.25) is 17.6 Å². The Morgan fingerprint density at radius 3 is 1.79 bits per heavy atom. The van der Waals surface area contributed by atoms with Crippen LogP contribution in [-0.4, -0.2) is 35.5 Å². The van der Waals surface area contributed by atoms with Crippen molar-refractivity contribution in [3.8, 4) is 5.75 Å². The molecule has 1 N–H and O–H groups in total. The topological polar surface area (TPSA) is 125 Å². The van der Waals surface area contributed by atoms with E-state index in [4.69, 9.17) is 29.3 Å². The van der Waals surface area contributed by atoms with Crippen molar-refractivity contribution >= 4 is 55.5 Å². The molecule has 1 aromatic heterocycles. The molecule has 0 bridgehead atoms. The molecule has 3 aromatic carbocycles. The fraction of sp³-hybridized carbons (Fsp3) is 0.160. The number of ether oxygens (including phenoxy) is 1. The number of carboxylic acid groups (broad SMARTS) is 1. The van der Waals surface area contributed by atoms with Gasteiger partial charge < -0.3 is 14.4 Å². The minimum Gasteiger partial charge on any atom is -0.741 e. The summed E-state index contributed by atoms with van der Waals surface area (Å²) in [5.74, 6) is -0.990. The average molecular weight is 570 g/mol. The summed E-state index contributed by atoms with van der Waals surface area (Å²) in [6.45, 7) is 3.46. The lowest BCUT2D eigenvalue weighted by Gasteiger charge is -2.14. The average Bonchev–Trinajstić information content (AvgIpc) is 2.80. The zero-order valence-corrected chi connectivity index (χ0v) is 21.3. The van der Waals surface area contributed by atoms with Crippen LogP contribution in [0.3, 0.4) is 0 Å². The standard InChI is InChI=1S/C24H18ClNO4.CHF3O3S/c1-14-11-16(25)12-15(2)23(14)30-24(29)22-17-7-3-5-9-19(17)26(13-21(27)28)20-10-6-4-8-18(20)22;2-1(3,4)8(5,6)7/h3-12H,13H2,1-2H3;(H,5,6,7). The highest BCUT2D eigenvalue weighted by Crippen LogP contribution is 2.31. The summed E-state index contributed by atoms with van der Waals surface area (Å²) in [5, 5.41) is 11.3. The molecule has 0 saturated heterocycles. The number of esters is 1. The minimum atomic E-state index is -6.09. The first-order chi connectivity index (χ1) is 17.6. The Kier molecular flexibility index (Phi) is 8.30. The quantitative estimate of drug-likeness (QED) is 0.0925. The van der Waals surface area contributed by atoms with Gasteiger partial charge in [-0.1, -0.05) is 35.9 Å². The minimum absolute atomic E-state index is 0.217. The second-order valence-electron chi connectivity index (χ2n) is 8.05. The molecule has 0 fully saturated rings. The molecular formula is C25H19ClF3NO7S. The Morgan fingerprint density at radius 1 is 0.974 bits per heavy atom. The van der Waals surface area contributed by atoms with E-state index >= 15 is 0 Å². The van der Waals surface area contributed by atoms with Gasteiger partial charge in [0.1, 0.15) is 5.75 Å². The zero-order valence-electron chi connectivity index (χ0n) is 19.7. The fourth-order valence-corrected chi connectivity index (χ4v) is 4.17. The number of pyridine rings is 1. The van der Waals surface area contributed by atoms with Gasteiger partial charge in [0.05, 0.1) is 16.3 Å². The Balaban J connectivity index is 0.000000436. The summed E-state index contributed by atoms with van der Waals surface area (Å²) in [4.78, 5) is 24.9. The number of nitrogens with zero attached hydrogens (tertiary/aromatic N) is 1. The Labute approximate surface area is 219 Å². The summed E-state index contributed by atoms with van der Waals surface area (Å²) in [7, 11) is -6.09. The monoisotopic (exact) mass is 569 g/mol. The number of aromatic nitrogens is 1. The molecule has 0 unspecified atom stereocenters. The number of carbonyl (C=O) groups is 2. The van der Waals surface area contributed by atoms with Crippen molar-refractivity contribution in [3.05, 3.63) is 82.4 Å². The normalized spacial score (nSPS) is 11.7. The van der Waals surface area contributed by atoms with Crippen molar-refractivity contribution in [2.24, 2.45) is 0 Å². The summed E-state index contributed by atoms with van der Waals surface area (Å²) < 4.78 is 66.4. The summed E-state index contributed by atoms with van der Waals surface area (Å²) in [5.41, 5.74) is -2.42. The predicted molar refractivity (Wildman–Crippen MR) is 131 cm³/mol. The van der Waals surface area contributed by atoms with Crippen LogP contribution in [0.1, 0.15) is 21.5 Å². The van der Waals surface area contributed by atoms with Gasteiger partial charge in [-0.3, -0.25) is 0 Å². The molecule has 0 aliphatic rings. The third-order valence-electron chi connectivity index (χ3n) is 5.33. The van der Waals surface area contributed by atoms with Gasteiger partial charge in [-0.2, -0.15) is 17.7 Å². The molecule has 0 atom stereocenters. The number of carboxylic acids is 1. The second-order valence-corrected chi connectivity index (χ2v) is 9.85.